The van der Waals surface area contributed by atoms with Gasteiger partial charge in [-0.05, 0) is 12.8 Å². The fourth-order valence-corrected chi connectivity index (χ4v) is 1.85. The summed E-state index contributed by atoms with van der Waals surface area (Å²) in [6, 6.07) is 1.93. The molecule has 0 spiro atoms. The summed E-state index contributed by atoms with van der Waals surface area (Å²) in [6.45, 7) is 6.56. The van der Waals surface area contributed by atoms with Crippen LogP contribution >= 0.6 is 0 Å². The van der Waals surface area contributed by atoms with Gasteiger partial charge < -0.3 is 10.6 Å². The standard InChI is InChI=1S/C11H17N3O/c1-8(6-12)10-4-3-5-14(10)11(15)9(2)7-13/h9-10H,1,3-5,7,13H2,2H3/t9?,10-/m0/s1. The maximum absolute atomic E-state index is 11.9. The number of carbonyl (C=O) groups excluding carboxylic acids is 1. The predicted molar refractivity (Wildman–Crippen MR) is 57.7 cm³/mol. The van der Waals surface area contributed by atoms with Gasteiger partial charge in [-0.1, -0.05) is 13.5 Å². The van der Waals surface area contributed by atoms with Gasteiger partial charge in [0.05, 0.1) is 12.1 Å². The Morgan fingerprint density at radius 2 is 2.47 bits per heavy atom. The van der Waals surface area contributed by atoms with Crippen LogP contribution in [0.2, 0.25) is 0 Å². The number of hydrogen-bond acceptors (Lipinski definition) is 3. The summed E-state index contributed by atoms with van der Waals surface area (Å²) >= 11 is 0. The molecule has 1 fully saturated rings. The Hall–Kier alpha value is -1.34. The second-order valence-corrected chi connectivity index (χ2v) is 3.96. The Labute approximate surface area is 90.3 Å². The lowest BCUT2D eigenvalue weighted by atomic mass is 10.1. The van der Waals surface area contributed by atoms with Crippen LogP contribution in [0.15, 0.2) is 12.2 Å². The molecule has 1 unspecified atom stereocenters. The molecule has 1 heterocycles. The largest absolute Gasteiger partial charge is 0.335 e. The number of likely N-dealkylation sites (tertiary alicyclic amines) is 1. The number of carbonyl (C=O) groups is 1. The molecule has 15 heavy (non-hydrogen) atoms. The normalized spacial score (nSPS) is 22.2. The first kappa shape index (κ1) is 11.7. The quantitative estimate of drug-likeness (QED) is 0.691. The van der Waals surface area contributed by atoms with Crippen LogP contribution in [0.3, 0.4) is 0 Å². The van der Waals surface area contributed by atoms with Crippen molar-refractivity contribution in [1.29, 1.82) is 5.26 Å². The van der Waals surface area contributed by atoms with Crippen LogP contribution in [0.25, 0.3) is 0 Å². The highest BCUT2D eigenvalue weighted by Crippen LogP contribution is 2.24. The monoisotopic (exact) mass is 207 g/mol. The number of rotatable bonds is 3. The molecule has 2 atom stereocenters. The van der Waals surface area contributed by atoms with Crippen molar-refractivity contribution in [2.75, 3.05) is 13.1 Å². The second kappa shape index (κ2) is 4.94. The molecule has 82 valence electrons. The molecule has 2 N–H and O–H groups in total. The zero-order valence-corrected chi connectivity index (χ0v) is 9.07. The highest BCUT2D eigenvalue weighted by Gasteiger charge is 2.32. The van der Waals surface area contributed by atoms with Gasteiger partial charge in [0.2, 0.25) is 5.91 Å². The van der Waals surface area contributed by atoms with E-state index in [1.807, 2.05) is 13.0 Å². The van der Waals surface area contributed by atoms with Gasteiger partial charge >= 0.3 is 0 Å². The SMILES string of the molecule is C=C(C#N)[C@@H]1CCCN1C(=O)C(C)CN. The smallest absolute Gasteiger partial charge is 0.227 e. The lowest BCUT2D eigenvalue weighted by molar-refractivity contribution is -0.134. The average molecular weight is 207 g/mol. The molecule has 1 aliphatic rings. The lowest BCUT2D eigenvalue weighted by Crippen LogP contribution is -2.41. The van der Waals surface area contributed by atoms with E-state index in [1.165, 1.54) is 0 Å². The molecule has 0 radical (unpaired) electrons. The first-order valence-corrected chi connectivity index (χ1v) is 5.21. The Balaban J connectivity index is 2.73. The fraction of sp³-hybridized carbons (Fsp3) is 0.636. The molecule has 0 aliphatic carbocycles. The number of hydrogen-bond donors (Lipinski definition) is 1. The van der Waals surface area contributed by atoms with Crippen molar-refractivity contribution in [3.63, 3.8) is 0 Å². The molecule has 0 aromatic heterocycles. The summed E-state index contributed by atoms with van der Waals surface area (Å²) in [5.74, 6) is -0.131. The van der Waals surface area contributed by atoms with E-state index in [4.69, 9.17) is 11.0 Å². The van der Waals surface area contributed by atoms with Crippen LogP contribution < -0.4 is 5.73 Å². The zero-order valence-electron chi connectivity index (χ0n) is 9.07. The molecule has 1 amide bonds. The van der Waals surface area contributed by atoms with E-state index in [0.717, 1.165) is 12.8 Å². The zero-order chi connectivity index (χ0) is 11.4. The van der Waals surface area contributed by atoms with Crippen LogP contribution in [0, 0.1) is 17.2 Å². The van der Waals surface area contributed by atoms with Crippen LogP contribution in [-0.4, -0.2) is 29.9 Å². The van der Waals surface area contributed by atoms with Crippen molar-refractivity contribution in [2.45, 2.75) is 25.8 Å². The van der Waals surface area contributed by atoms with Gasteiger partial charge in [-0.2, -0.15) is 5.26 Å². The maximum atomic E-state index is 11.9. The third kappa shape index (κ3) is 2.37. The van der Waals surface area contributed by atoms with Gasteiger partial charge in [0.1, 0.15) is 0 Å². The first-order valence-electron chi connectivity index (χ1n) is 5.21. The third-order valence-corrected chi connectivity index (χ3v) is 2.86. The molecule has 0 saturated carbocycles. The van der Waals surface area contributed by atoms with Crippen molar-refractivity contribution in [2.24, 2.45) is 11.7 Å². The van der Waals surface area contributed by atoms with Crippen LogP contribution in [-0.2, 0) is 4.79 Å². The van der Waals surface area contributed by atoms with Crippen molar-refractivity contribution in [3.8, 4) is 6.07 Å². The molecule has 4 heteroatoms. The van der Waals surface area contributed by atoms with Gasteiger partial charge in [-0.3, -0.25) is 4.79 Å². The van der Waals surface area contributed by atoms with E-state index in [2.05, 4.69) is 6.58 Å². The molecule has 4 nitrogen and oxygen atoms in total. The highest BCUT2D eigenvalue weighted by atomic mass is 16.2. The Morgan fingerprint density at radius 3 is 3.00 bits per heavy atom. The molecule has 0 aromatic rings. The molecule has 1 saturated heterocycles. The van der Waals surface area contributed by atoms with Crippen LogP contribution in [0.4, 0.5) is 0 Å². The Morgan fingerprint density at radius 1 is 1.80 bits per heavy atom. The summed E-state index contributed by atoms with van der Waals surface area (Å²) in [6.07, 6.45) is 1.78. The number of nitrogens with zero attached hydrogens (tertiary/aromatic N) is 2. The second-order valence-electron chi connectivity index (χ2n) is 3.96. The van der Waals surface area contributed by atoms with Gasteiger partial charge in [0.25, 0.3) is 0 Å². The fourth-order valence-electron chi connectivity index (χ4n) is 1.85. The van der Waals surface area contributed by atoms with E-state index in [9.17, 15) is 4.79 Å². The van der Waals surface area contributed by atoms with E-state index >= 15 is 0 Å². The average Bonchev–Trinajstić information content (AvgIpc) is 2.74. The van der Waals surface area contributed by atoms with E-state index in [0.29, 0.717) is 18.7 Å². The van der Waals surface area contributed by atoms with Gasteiger partial charge in [-0.15, -0.1) is 0 Å². The van der Waals surface area contributed by atoms with Crippen LogP contribution in [0.5, 0.6) is 0 Å². The number of nitrogens with two attached hydrogens (primary N) is 1. The molecule has 0 aromatic carbocycles. The minimum Gasteiger partial charge on any atom is -0.335 e. The number of amides is 1. The van der Waals surface area contributed by atoms with Crippen molar-refractivity contribution in [3.05, 3.63) is 12.2 Å². The molecule has 1 aliphatic heterocycles. The van der Waals surface area contributed by atoms with Crippen LogP contribution in [0.1, 0.15) is 19.8 Å². The summed E-state index contributed by atoms with van der Waals surface area (Å²) in [5, 5.41) is 8.78. The van der Waals surface area contributed by atoms with Gasteiger partial charge in [0.15, 0.2) is 0 Å². The Kier molecular flexibility index (Phi) is 3.87. The highest BCUT2D eigenvalue weighted by molar-refractivity contribution is 5.79. The minimum atomic E-state index is -0.169. The summed E-state index contributed by atoms with van der Waals surface area (Å²) < 4.78 is 0. The summed E-state index contributed by atoms with van der Waals surface area (Å²) in [5.41, 5.74) is 5.94. The molecular weight excluding hydrogens is 190 g/mol. The Bertz CT molecular complexity index is 305. The van der Waals surface area contributed by atoms with E-state index in [1.54, 1.807) is 4.90 Å². The van der Waals surface area contributed by atoms with Crippen molar-refractivity contribution >= 4 is 5.91 Å². The van der Waals surface area contributed by atoms with Gasteiger partial charge in [-0.25, -0.2) is 0 Å². The van der Waals surface area contributed by atoms with Gasteiger partial charge in [0, 0.05) is 24.6 Å². The minimum absolute atomic E-state index is 0.0383. The molecule has 1 rings (SSSR count). The maximum Gasteiger partial charge on any atom is 0.227 e. The van der Waals surface area contributed by atoms with Crippen molar-refractivity contribution in [1.82, 2.24) is 4.90 Å². The van der Waals surface area contributed by atoms with E-state index in [-0.39, 0.29) is 17.9 Å². The molecular formula is C11H17N3O. The predicted octanol–water partition coefficient (Wildman–Crippen LogP) is 0.652. The third-order valence-electron chi connectivity index (χ3n) is 2.86. The lowest BCUT2D eigenvalue weighted by Gasteiger charge is -2.26. The molecule has 0 bridgehead atoms. The summed E-state index contributed by atoms with van der Waals surface area (Å²) in [7, 11) is 0. The summed E-state index contributed by atoms with van der Waals surface area (Å²) in [4.78, 5) is 13.6. The number of nitriles is 1. The first-order chi connectivity index (χ1) is 7.11. The topological polar surface area (TPSA) is 70.1 Å². The van der Waals surface area contributed by atoms with E-state index < -0.39 is 0 Å². The van der Waals surface area contributed by atoms with Crippen molar-refractivity contribution < 1.29 is 4.79 Å².